The molecular weight excluding hydrogens is 196 g/mol. The maximum Gasteiger partial charge on any atom is 0.114 e. The van der Waals surface area contributed by atoms with Gasteiger partial charge in [0.1, 0.15) is 5.82 Å². The second-order valence-electron chi connectivity index (χ2n) is 6.16. The van der Waals surface area contributed by atoms with Gasteiger partial charge in [-0.3, -0.25) is 0 Å². The molecule has 0 saturated heterocycles. The monoisotopic (exact) mass is 220 g/mol. The summed E-state index contributed by atoms with van der Waals surface area (Å²) in [7, 11) is 0. The maximum absolute atomic E-state index is 4.52. The van der Waals surface area contributed by atoms with E-state index in [1.165, 1.54) is 44.5 Å². The molecule has 1 aliphatic carbocycles. The van der Waals surface area contributed by atoms with Crippen LogP contribution in [0.2, 0.25) is 0 Å². The molecule has 90 valence electrons. The number of imidazole rings is 1. The van der Waals surface area contributed by atoms with E-state index in [4.69, 9.17) is 0 Å². The predicted octanol–water partition coefficient (Wildman–Crippen LogP) is 3.76. The third-order valence-electron chi connectivity index (χ3n) is 3.57. The first-order chi connectivity index (χ1) is 7.57. The molecule has 0 amide bonds. The average molecular weight is 220 g/mol. The molecule has 0 bridgehead atoms. The van der Waals surface area contributed by atoms with Crippen LogP contribution in [0.5, 0.6) is 0 Å². The van der Waals surface area contributed by atoms with Gasteiger partial charge in [0.05, 0.1) is 0 Å². The summed E-state index contributed by atoms with van der Waals surface area (Å²) in [6, 6.07) is 0. The summed E-state index contributed by atoms with van der Waals surface area (Å²) in [5, 5.41) is 0. The van der Waals surface area contributed by atoms with Crippen molar-refractivity contribution < 1.29 is 0 Å². The van der Waals surface area contributed by atoms with Crippen LogP contribution in [0.4, 0.5) is 0 Å². The molecule has 2 rings (SSSR count). The summed E-state index contributed by atoms with van der Waals surface area (Å²) in [5.41, 5.74) is 0.165. The Bertz CT molecular complexity index is 327. The fourth-order valence-electron chi connectivity index (χ4n) is 2.75. The summed E-state index contributed by atoms with van der Waals surface area (Å²) in [6.45, 7) is 7.90. The fraction of sp³-hybridized carbons (Fsp3) is 0.786. The molecule has 0 unspecified atom stereocenters. The maximum atomic E-state index is 4.52. The molecule has 1 aromatic heterocycles. The molecule has 1 heterocycles. The second-order valence-corrected chi connectivity index (χ2v) is 6.16. The summed E-state index contributed by atoms with van der Waals surface area (Å²) >= 11 is 0. The van der Waals surface area contributed by atoms with Crippen molar-refractivity contribution in [3.8, 4) is 0 Å². The van der Waals surface area contributed by atoms with Crippen molar-refractivity contribution in [2.75, 3.05) is 0 Å². The van der Waals surface area contributed by atoms with Crippen molar-refractivity contribution in [2.24, 2.45) is 5.92 Å². The summed E-state index contributed by atoms with van der Waals surface area (Å²) in [6.07, 6.45) is 11.2. The first kappa shape index (κ1) is 11.7. The van der Waals surface area contributed by atoms with Gasteiger partial charge in [-0.2, -0.15) is 0 Å². The predicted molar refractivity (Wildman–Crippen MR) is 67.5 cm³/mol. The Hall–Kier alpha value is -0.790. The number of hydrogen-bond acceptors (Lipinski definition) is 1. The molecule has 0 atom stereocenters. The van der Waals surface area contributed by atoms with Crippen molar-refractivity contribution in [3.63, 3.8) is 0 Å². The molecule has 0 radical (unpaired) electrons. The highest BCUT2D eigenvalue weighted by atomic mass is 15.1. The fourth-order valence-corrected chi connectivity index (χ4v) is 2.75. The minimum absolute atomic E-state index is 0.165. The van der Waals surface area contributed by atoms with Gasteiger partial charge < -0.3 is 4.57 Å². The van der Waals surface area contributed by atoms with Gasteiger partial charge in [-0.15, -0.1) is 0 Å². The average Bonchev–Trinajstić information content (AvgIpc) is 2.67. The molecule has 2 heteroatoms. The van der Waals surface area contributed by atoms with Gasteiger partial charge in [0.2, 0.25) is 0 Å². The Balaban J connectivity index is 2.06. The highest BCUT2D eigenvalue weighted by Crippen LogP contribution is 2.27. The third kappa shape index (κ3) is 2.66. The molecule has 1 aliphatic rings. The zero-order valence-electron chi connectivity index (χ0n) is 10.9. The van der Waals surface area contributed by atoms with Crippen LogP contribution in [0.15, 0.2) is 12.4 Å². The van der Waals surface area contributed by atoms with Crippen LogP contribution in [-0.4, -0.2) is 9.55 Å². The molecule has 16 heavy (non-hydrogen) atoms. The summed E-state index contributed by atoms with van der Waals surface area (Å²) in [5.74, 6) is 2.11. The van der Waals surface area contributed by atoms with Gasteiger partial charge in [-0.25, -0.2) is 4.98 Å². The molecular formula is C14H24N2. The van der Waals surface area contributed by atoms with Crippen LogP contribution < -0.4 is 0 Å². The highest BCUT2D eigenvalue weighted by molar-refractivity contribution is 5.05. The van der Waals surface area contributed by atoms with E-state index in [0.717, 1.165) is 5.92 Å². The van der Waals surface area contributed by atoms with E-state index in [0.29, 0.717) is 0 Å². The highest BCUT2D eigenvalue weighted by Gasteiger charge is 2.21. The second kappa shape index (κ2) is 4.60. The topological polar surface area (TPSA) is 17.8 Å². The Morgan fingerprint density at radius 2 is 1.94 bits per heavy atom. The lowest BCUT2D eigenvalue weighted by atomic mass is 9.88. The van der Waals surface area contributed by atoms with Crippen molar-refractivity contribution in [1.82, 2.24) is 9.55 Å². The van der Waals surface area contributed by atoms with Crippen LogP contribution in [0, 0.1) is 5.92 Å². The molecule has 0 aromatic carbocycles. The molecule has 1 fully saturated rings. The van der Waals surface area contributed by atoms with E-state index in [2.05, 4.69) is 36.5 Å². The van der Waals surface area contributed by atoms with Gasteiger partial charge in [-0.1, -0.05) is 40.0 Å². The Labute approximate surface area is 99.1 Å². The molecule has 0 N–H and O–H groups in total. The molecule has 1 saturated carbocycles. The number of aromatic nitrogens is 2. The van der Waals surface area contributed by atoms with E-state index in [1.54, 1.807) is 0 Å². The Kier molecular flexibility index (Phi) is 3.36. The van der Waals surface area contributed by atoms with E-state index < -0.39 is 0 Å². The van der Waals surface area contributed by atoms with E-state index in [9.17, 15) is 0 Å². The largest absolute Gasteiger partial charge is 0.334 e. The van der Waals surface area contributed by atoms with Crippen LogP contribution in [0.3, 0.4) is 0 Å². The smallest absolute Gasteiger partial charge is 0.114 e. The normalized spacial score (nSPS) is 18.9. The lowest BCUT2D eigenvalue weighted by Crippen LogP contribution is -2.22. The van der Waals surface area contributed by atoms with Gasteiger partial charge in [0, 0.05) is 24.4 Å². The van der Waals surface area contributed by atoms with Gasteiger partial charge >= 0.3 is 0 Å². The van der Waals surface area contributed by atoms with E-state index >= 15 is 0 Å². The van der Waals surface area contributed by atoms with E-state index in [1.807, 2.05) is 6.20 Å². The zero-order chi connectivity index (χ0) is 11.6. The summed E-state index contributed by atoms with van der Waals surface area (Å²) < 4.78 is 2.37. The van der Waals surface area contributed by atoms with Crippen LogP contribution in [0.1, 0.15) is 58.7 Å². The number of rotatable bonds is 2. The minimum Gasteiger partial charge on any atom is -0.334 e. The van der Waals surface area contributed by atoms with Crippen LogP contribution in [0.25, 0.3) is 0 Å². The Morgan fingerprint density at radius 1 is 1.25 bits per heavy atom. The van der Waals surface area contributed by atoms with E-state index in [-0.39, 0.29) is 5.41 Å². The SMILES string of the molecule is CC(C)(C)c1nccn1CC1CCCCC1. The molecule has 2 nitrogen and oxygen atoms in total. The van der Waals surface area contributed by atoms with Gasteiger partial charge in [0.25, 0.3) is 0 Å². The van der Waals surface area contributed by atoms with Gasteiger partial charge in [-0.05, 0) is 18.8 Å². The quantitative estimate of drug-likeness (QED) is 0.742. The van der Waals surface area contributed by atoms with Crippen molar-refractivity contribution in [2.45, 2.75) is 64.8 Å². The third-order valence-corrected chi connectivity index (χ3v) is 3.57. The summed E-state index contributed by atoms with van der Waals surface area (Å²) in [4.78, 5) is 4.52. The molecule has 0 aliphatic heterocycles. The van der Waals surface area contributed by atoms with Crippen molar-refractivity contribution >= 4 is 0 Å². The lowest BCUT2D eigenvalue weighted by Gasteiger charge is -2.25. The first-order valence-electron chi connectivity index (χ1n) is 6.59. The number of hydrogen-bond donors (Lipinski definition) is 0. The van der Waals surface area contributed by atoms with Crippen molar-refractivity contribution in [1.29, 1.82) is 0 Å². The Morgan fingerprint density at radius 3 is 2.56 bits per heavy atom. The number of nitrogens with zero attached hydrogens (tertiary/aromatic N) is 2. The van der Waals surface area contributed by atoms with Crippen LogP contribution >= 0.6 is 0 Å². The standard InChI is InChI=1S/C14H24N2/c1-14(2,3)13-15-9-10-16(13)11-12-7-5-4-6-8-12/h9-10,12H,4-8,11H2,1-3H3. The van der Waals surface area contributed by atoms with Crippen molar-refractivity contribution in [3.05, 3.63) is 18.2 Å². The van der Waals surface area contributed by atoms with Crippen LogP contribution in [-0.2, 0) is 12.0 Å². The molecule has 1 aromatic rings. The lowest BCUT2D eigenvalue weighted by molar-refractivity contribution is 0.309. The molecule has 0 spiro atoms. The zero-order valence-corrected chi connectivity index (χ0v) is 10.9. The van der Waals surface area contributed by atoms with Gasteiger partial charge in [0.15, 0.2) is 0 Å². The minimum atomic E-state index is 0.165. The first-order valence-corrected chi connectivity index (χ1v) is 6.59.